The predicted octanol–water partition coefficient (Wildman–Crippen LogP) is 0.866. The molecule has 0 unspecified atom stereocenters. The molecular weight excluding hydrogens is 280 g/mol. The van der Waals surface area contributed by atoms with Crippen LogP contribution in [0.5, 0.6) is 0 Å². The number of hydrogen-bond acceptors (Lipinski definition) is 5. The monoisotopic (exact) mass is 294 g/mol. The van der Waals surface area contributed by atoms with E-state index in [1.165, 1.54) is 24.8 Å². The fourth-order valence-electron chi connectivity index (χ4n) is 1.50. The van der Waals surface area contributed by atoms with Gasteiger partial charge in [0.25, 0.3) is 5.91 Å². The van der Waals surface area contributed by atoms with Crippen LogP contribution in [0, 0.1) is 11.3 Å². The molecule has 1 rings (SSSR count). The van der Waals surface area contributed by atoms with Crippen LogP contribution in [0.15, 0.2) is 29.2 Å². The van der Waals surface area contributed by atoms with Crippen LogP contribution in [-0.4, -0.2) is 40.0 Å². The Morgan fingerprint density at radius 1 is 1.45 bits per heavy atom. The number of amides is 1. The van der Waals surface area contributed by atoms with E-state index >= 15 is 0 Å². The summed E-state index contributed by atoms with van der Waals surface area (Å²) in [7, 11) is 0. The standard InChI is InChI=1S/C13H14N2O4S/c1-8(16)11(13(18)19)15-12(17)9-4-2-3-5-10(9)20-7-6-14/h2-5,8,11,16H,7H2,1H3,(H,15,17)(H,18,19)/t8-,11+/m1/s1. The average molecular weight is 294 g/mol. The number of carboxylic acids is 1. The number of carbonyl (C=O) groups excluding carboxylic acids is 1. The number of nitriles is 1. The van der Waals surface area contributed by atoms with Crippen molar-refractivity contribution in [3.63, 3.8) is 0 Å². The lowest BCUT2D eigenvalue weighted by Crippen LogP contribution is -2.47. The van der Waals surface area contributed by atoms with Crippen molar-refractivity contribution < 1.29 is 19.8 Å². The number of nitrogens with zero attached hydrogens (tertiary/aromatic N) is 1. The van der Waals surface area contributed by atoms with Crippen LogP contribution in [-0.2, 0) is 4.79 Å². The minimum Gasteiger partial charge on any atom is -0.480 e. The third-order valence-corrected chi connectivity index (χ3v) is 3.40. The first-order valence-corrected chi connectivity index (χ1v) is 6.76. The maximum absolute atomic E-state index is 12.1. The van der Waals surface area contributed by atoms with E-state index in [-0.39, 0.29) is 11.3 Å². The van der Waals surface area contributed by atoms with E-state index in [0.29, 0.717) is 4.90 Å². The van der Waals surface area contributed by atoms with E-state index in [1.807, 2.05) is 6.07 Å². The molecule has 2 atom stereocenters. The highest BCUT2D eigenvalue weighted by atomic mass is 32.2. The van der Waals surface area contributed by atoms with Gasteiger partial charge in [0.05, 0.1) is 23.5 Å². The van der Waals surface area contributed by atoms with Crippen molar-refractivity contribution in [1.29, 1.82) is 5.26 Å². The van der Waals surface area contributed by atoms with Crippen LogP contribution in [0.4, 0.5) is 0 Å². The van der Waals surface area contributed by atoms with Crippen molar-refractivity contribution in [1.82, 2.24) is 5.32 Å². The van der Waals surface area contributed by atoms with Gasteiger partial charge in [-0.3, -0.25) is 4.79 Å². The van der Waals surface area contributed by atoms with Gasteiger partial charge in [0.1, 0.15) is 0 Å². The summed E-state index contributed by atoms with van der Waals surface area (Å²) >= 11 is 1.19. The van der Waals surface area contributed by atoms with Crippen molar-refractivity contribution in [2.45, 2.75) is 24.0 Å². The Balaban J connectivity index is 2.92. The molecule has 1 aromatic carbocycles. The fraction of sp³-hybridized carbons (Fsp3) is 0.308. The molecule has 0 spiro atoms. The summed E-state index contributed by atoms with van der Waals surface area (Å²) in [5.41, 5.74) is 0.277. The second-order valence-electron chi connectivity index (χ2n) is 3.97. The largest absolute Gasteiger partial charge is 0.480 e. The van der Waals surface area contributed by atoms with Gasteiger partial charge in [-0.1, -0.05) is 12.1 Å². The van der Waals surface area contributed by atoms with Crippen molar-refractivity contribution in [2.75, 3.05) is 5.75 Å². The summed E-state index contributed by atoms with van der Waals surface area (Å²) in [6.07, 6.45) is -1.21. The molecule has 20 heavy (non-hydrogen) atoms. The zero-order chi connectivity index (χ0) is 15.1. The van der Waals surface area contributed by atoms with E-state index in [1.54, 1.807) is 18.2 Å². The van der Waals surface area contributed by atoms with Gasteiger partial charge in [-0.05, 0) is 19.1 Å². The molecule has 0 fully saturated rings. The lowest BCUT2D eigenvalue weighted by atomic mass is 10.1. The van der Waals surface area contributed by atoms with Crippen LogP contribution >= 0.6 is 11.8 Å². The molecule has 0 aromatic heterocycles. The molecule has 0 heterocycles. The van der Waals surface area contributed by atoms with Gasteiger partial charge < -0.3 is 15.5 Å². The van der Waals surface area contributed by atoms with Gasteiger partial charge >= 0.3 is 5.97 Å². The highest BCUT2D eigenvalue weighted by Crippen LogP contribution is 2.22. The molecule has 106 valence electrons. The molecule has 0 aliphatic rings. The first-order chi connectivity index (χ1) is 9.47. The Hall–Kier alpha value is -2.04. The van der Waals surface area contributed by atoms with E-state index in [4.69, 9.17) is 10.4 Å². The number of carbonyl (C=O) groups is 2. The maximum atomic E-state index is 12.1. The minimum absolute atomic E-state index is 0.184. The molecule has 1 aromatic rings. The van der Waals surface area contributed by atoms with Gasteiger partial charge in [-0.25, -0.2) is 4.79 Å². The lowest BCUT2D eigenvalue weighted by Gasteiger charge is -2.17. The zero-order valence-corrected chi connectivity index (χ0v) is 11.6. The van der Waals surface area contributed by atoms with Gasteiger partial charge in [0.15, 0.2) is 6.04 Å². The van der Waals surface area contributed by atoms with Gasteiger partial charge in [-0.2, -0.15) is 5.26 Å². The van der Waals surface area contributed by atoms with Crippen LogP contribution in [0.2, 0.25) is 0 Å². The SMILES string of the molecule is C[C@@H](O)[C@H](NC(=O)c1ccccc1SCC#N)C(=O)O. The Morgan fingerprint density at radius 3 is 2.65 bits per heavy atom. The molecule has 1 amide bonds. The number of aliphatic hydroxyl groups excluding tert-OH is 1. The Bertz CT molecular complexity index is 539. The molecule has 3 N–H and O–H groups in total. The molecule has 0 saturated carbocycles. The van der Waals surface area contributed by atoms with Gasteiger partial charge in [0.2, 0.25) is 0 Å². The summed E-state index contributed by atoms with van der Waals surface area (Å²) in [5.74, 6) is -1.72. The second-order valence-corrected chi connectivity index (χ2v) is 4.99. The normalized spacial score (nSPS) is 13.1. The zero-order valence-electron chi connectivity index (χ0n) is 10.7. The summed E-state index contributed by atoms with van der Waals surface area (Å²) < 4.78 is 0. The summed E-state index contributed by atoms with van der Waals surface area (Å²) in [5, 5.41) is 29.1. The lowest BCUT2D eigenvalue weighted by molar-refractivity contribution is -0.141. The Kier molecular flexibility index (Phi) is 6.03. The molecule has 0 aliphatic heterocycles. The van der Waals surface area contributed by atoms with Crippen LogP contribution in [0.3, 0.4) is 0 Å². The minimum atomic E-state index is -1.38. The first-order valence-electron chi connectivity index (χ1n) is 5.78. The van der Waals surface area contributed by atoms with Crippen molar-refractivity contribution in [2.24, 2.45) is 0 Å². The summed E-state index contributed by atoms with van der Waals surface area (Å²) in [6.45, 7) is 1.29. The summed E-state index contributed by atoms with van der Waals surface area (Å²) in [6, 6.07) is 7.16. The number of benzene rings is 1. The van der Waals surface area contributed by atoms with E-state index < -0.39 is 24.0 Å². The topological polar surface area (TPSA) is 110 Å². The number of nitrogens with one attached hydrogen (secondary N) is 1. The van der Waals surface area contributed by atoms with Crippen LogP contribution < -0.4 is 5.32 Å². The summed E-state index contributed by atoms with van der Waals surface area (Å²) in [4.78, 5) is 23.6. The van der Waals surface area contributed by atoms with Crippen molar-refractivity contribution >= 4 is 23.6 Å². The number of thioether (sulfide) groups is 1. The van der Waals surface area contributed by atoms with E-state index in [2.05, 4.69) is 5.32 Å². The first kappa shape index (κ1) is 16.0. The Labute approximate surface area is 120 Å². The molecule has 7 heteroatoms. The maximum Gasteiger partial charge on any atom is 0.328 e. The Morgan fingerprint density at radius 2 is 2.10 bits per heavy atom. The number of aliphatic carboxylic acids is 1. The molecular formula is C13H14N2O4S. The molecule has 0 aliphatic carbocycles. The van der Waals surface area contributed by atoms with Crippen molar-refractivity contribution in [3.8, 4) is 6.07 Å². The molecule has 6 nitrogen and oxygen atoms in total. The highest BCUT2D eigenvalue weighted by molar-refractivity contribution is 7.99. The van der Waals surface area contributed by atoms with Crippen molar-refractivity contribution in [3.05, 3.63) is 29.8 Å². The van der Waals surface area contributed by atoms with Gasteiger partial charge in [-0.15, -0.1) is 11.8 Å². The van der Waals surface area contributed by atoms with Crippen LogP contribution in [0.1, 0.15) is 17.3 Å². The van der Waals surface area contributed by atoms with Crippen LogP contribution in [0.25, 0.3) is 0 Å². The highest BCUT2D eigenvalue weighted by Gasteiger charge is 2.26. The number of hydrogen-bond donors (Lipinski definition) is 3. The molecule has 0 saturated heterocycles. The molecule has 0 radical (unpaired) electrons. The third-order valence-electron chi connectivity index (χ3n) is 2.46. The third kappa shape index (κ3) is 4.26. The number of aliphatic hydroxyl groups is 1. The quantitative estimate of drug-likeness (QED) is 0.671. The van der Waals surface area contributed by atoms with Gasteiger partial charge in [0, 0.05) is 4.90 Å². The number of carboxylic acid groups (broad SMARTS) is 1. The fourth-order valence-corrected chi connectivity index (χ4v) is 2.21. The molecule has 0 bridgehead atoms. The predicted molar refractivity (Wildman–Crippen MR) is 73.3 cm³/mol. The average Bonchev–Trinajstić information content (AvgIpc) is 2.41. The van der Waals surface area contributed by atoms with E-state index in [0.717, 1.165) is 0 Å². The second kappa shape index (κ2) is 7.53. The number of rotatable bonds is 6. The smallest absolute Gasteiger partial charge is 0.328 e. The van der Waals surface area contributed by atoms with E-state index in [9.17, 15) is 14.7 Å².